The van der Waals surface area contributed by atoms with Gasteiger partial charge in [-0.15, -0.1) is 11.3 Å². The smallest absolute Gasteiger partial charge is 0.128 e. The van der Waals surface area contributed by atoms with Crippen molar-refractivity contribution < 1.29 is 0 Å². The van der Waals surface area contributed by atoms with Gasteiger partial charge in [-0.25, -0.2) is 0 Å². The first-order valence-electron chi connectivity index (χ1n) is 5.10. The van der Waals surface area contributed by atoms with Crippen molar-refractivity contribution in [3.05, 3.63) is 38.7 Å². The topological polar surface area (TPSA) is 49.8 Å². The van der Waals surface area contributed by atoms with E-state index in [0.717, 1.165) is 20.5 Å². The number of anilines is 1. The van der Waals surface area contributed by atoms with E-state index in [4.69, 9.17) is 11.0 Å². The van der Waals surface area contributed by atoms with Crippen LogP contribution in [0.1, 0.15) is 16.0 Å². The number of nitrogens with two attached hydrogens (primary N) is 1. The lowest BCUT2D eigenvalue weighted by molar-refractivity contribution is 1.44. The molecule has 0 bridgehead atoms. The maximum absolute atomic E-state index is 9.00. The second-order valence-corrected chi connectivity index (χ2v) is 5.77. The molecule has 1 aromatic carbocycles. The van der Waals surface area contributed by atoms with Crippen LogP contribution in [0.5, 0.6) is 0 Å². The highest BCUT2D eigenvalue weighted by Crippen LogP contribution is 2.40. The summed E-state index contributed by atoms with van der Waals surface area (Å²) in [5.74, 6) is 0. The van der Waals surface area contributed by atoms with E-state index in [0.29, 0.717) is 10.6 Å². The average molecular weight is 307 g/mol. The van der Waals surface area contributed by atoms with Crippen molar-refractivity contribution in [3.63, 3.8) is 0 Å². The molecule has 86 valence electrons. The largest absolute Gasteiger partial charge is 0.397 e. The molecule has 0 spiro atoms. The molecule has 0 saturated heterocycles. The lowest BCUT2D eigenvalue weighted by atomic mass is 10.1. The summed E-state index contributed by atoms with van der Waals surface area (Å²) >= 11 is 4.99. The number of hydrogen-bond acceptors (Lipinski definition) is 3. The molecule has 0 aliphatic heterocycles. The summed E-state index contributed by atoms with van der Waals surface area (Å²) in [6, 6.07) is 8.31. The van der Waals surface area contributed by atoms with Crippen LogP contribution < -0.4 is 5.73 Å². The Labute approximate surface area is 113 Å². The van der Waals surface area contributed by atoms with Gasteiger partial charge in [0.1, 0.15) is 10.9 Å². The van der Waals surface area contributed by atoms with E-state index in [1.54, 1.807) is 0 Å². The molecule has 2 N–H and O–H groups in total. The maximum atomic E-state index is 9.00. The van der Waals surface area contributed by atoms with Crippen molar-refractivity contribution in [1.82, 2.24) is 0 Å². The molecule has 17 heavy (non-hydrogen) atoms. The molecule has 4 heteroatoms. The van der Waals surface area contributed by atoms with E-state index >= 15 is 0 Å². The van der Waals surface area contributed by atoms with Crippen LogP contribution >= 0.6 is 27.3 Å². The summed E-state index contributed by atoms with van der Waals surface area (Å²) in [5.41, 5.74) is 9.78. The van der Waals surface area contributed by atoms with Gasteiger partial charge in [0.2, 0.25) is 0 Å². The van der Waals surface area contributed by atoms with Crippen LogP contribution in [-0.4, -0.2) is 0 Å². The predicted octanol–water partition coefficient (Wildman–Crippen LogP) is 4.25. The number of rotatable bonds is 1. The van der Waals surface area contributed by atoms with Gasteiger partial charge in [-0.2, -0.15) is 5.26 Å². The molecule has 1 aromatic heterocycles. The van der Waals surface area contributed by atoms with Gasteiger partial charge in [-0.1, -0.05) is 27.6 Å². The van der Waals surface area contributed by atoms with Crippen molar-refractivity contribution >= 4 is 33.0 Å². The minimum Gasteiger partial charge on any atom is -0.397 e. The number of nitrogen functional groups attached to an aromatic ring is 1. The Bertz CT molecular complexity index is 623. The summed E-state index contributed by atoms with van der Waals surface area (Å²) in [5, 5.41) is 9.00. The highest BCUT2D eigenvalue weighted by Gasteiger charge is 2.15. The van der Waals surface area contributed by atoms with Gasteiger partial charge in [0.25, 0.3) is 0 Å². The third-order valence-corrected chi connectivity index (χ3v) is 4.60. The Morgan fingerprint density at radius 3 is 2.65 bits per heavy atom. The van der Waals surface area contributed by atoms with E-state index in [1.807, 2.05) is 26.0 Å². The number of thiophene rings is 1. The Hall–Kier alpha value is -1.31. The van der Waals surface area contributed by atoms with Crippen molar-refractivity contribution in [3.8, 4) is 16.5 Å². The minimum absolute atomic E-state index is 0.589. The fourth-order valence-corrected chi connectivity index (χ4v) is 3.31. The summed E-state index contributed by atoms with van der Waals surface area (Å²) in [6.07, 6.45) is 0. The lowest BCUT2D eigenvalue weighted by Crippen LogP contribution is -1.88. The molecule has 0 atom stereocenters. The zero-order chi connectivity index (χ0) is 12.6. The second kappa shape index (κ2) is 4.52. The second-order valence-electron chi connectivity index (χ2n) is 3.89. The summed E-state index contributed by atoms with van der Waals surface area (Å²) in [6.45, 7) is 4.00. The van der Waals surface area contributed by atoms with Gasteiger partial charge in [-0.3, -0.25) is 0 Å². The third kappa shape index (κ3) is 2.08. The Kier molecular flexibility index (Phi) is 3.23. The molecule has 0 aliphatic carbocycles. The first-order chi connectivity index (χ1) is 8.04. The van der Waals surface area contributed by atoms with Crippen LogP contribution in [0.25, 0.3) is 10.4 Å². The molecule has 0 aliphatic rings. The van der Waals surface area contributed by atoms with E-state index < -0.39 is 0 Å². The molecule has 0 saturated carbocycles. The number of halogens is 1. The molecule has 0 radical (unpaired) electrons. The lowest BCUT2D eigenvalue weighted by Gasteiger charge is -2.05. The normalized spacial score (nSPS) is 10.2. The highest BCUT2D eigenvalue weighted by molar-refractivity contribution is 9.10. The average Bonchev–Trinajstić information content (AvgIpc) is 2.59. The summed E-state index contributed by atoms with van der Waals surface area (Å²) in [4.78, 5) is 1.65. The molecule has 2 aromatic rings. The van der Waals surface area contributed by atoms with Gasteiger partial charge >= 0.3 is 0 Å². The van der Waals surface area contributed by atoms with Crippen molar-refractivity contribution in [2.24, 2.45) is 0 Å². The highest BCUT2D eigenvalue weighted by atomic mass is 79.9. The van der Waals surface area contributed by atoms with Crippen LogP contribution in [-0.2, 0) is 0 Å². The SMILES string of the molecule is Cc1ccc(Br)c(-c2sc(C#N)c(N)c2C)c1. The van der Waals surface area contributed by atoms with E-state index in [-0.39, 0.29) is 0 Å². The molecule has 0 unspecified atom stereocenters. The van der Waals surface area contributed by atoms with Gasteiger partial charge < -0.3 is 5.73 Å². The van der Waals surface area contributed by atoms with Gasteiger partial charge in [0, 0.05) is 14.9 Å². The van der Waals surface area contributed by atoms with E-state index in [2.05, 4.69) is 28.1 Å². The number of benzene rings is 1. The number of nitriles is 1. The van der Waals surface area contributed by atoms with Crippen LogP contribution in [0.2, 0.25) is 0 Å². The molecule has 2 nitrogen and oxygen atoms in total. The fraction of sp³-hybridized carbons (Fsp3) is 0.154. The van der Waals surface area contributed by atoms with Gasteiger partial charge in [-0.05, 0) is 31.5 Å². The first kappa shape index (κ1) is 12.2. The van der Waals surface area contributed by atoms with Crippen LogP contribution in [0.3, 0.4) is 0 Å². The van der Waals surface area contributed by atoms with Crippen molar-refractivity contribution in [2.75, 3.05) is 5.73 Å². The number of nitrogens with zero attached hydrogens (tertiary/aromatic N) is 1. The summed E-state index contributed by atoms with van der Waals surface area (Å²) < 4.78 is 1.02. The molecule has 1 heterocycles. The Morgan fingerprint density at radius 1 is 1.35 bits per heavy atom. The molecular formula is C13H11BrN2S. The predicted molar refractivity (Wildman–Crippen MR) is 76.1 cm³/mol. The van der Waals surface area contributed by atoms with Gasteiger partial charge in [0.15, 0.2) is 0 Å². The molecule has 0 amide bonds. The molecular weight excluding hydrogens is 296 g/mol. The minimum atomic E-state index is 0.589. The van der Waals surface area contributed by atoms with Gasteiger partial charge in [0.05, 0.1) is 5.69 Å². The van der Waals surface area contributed by atoms with Crippen molar-refractivity contribution in [1.29, 1.82) is 5.26 Å². The van der Waals surface area contributed by atoms with E-state index in [1.165, 1.54) is 16.9 Å². The van der Waals surface area contributed by atoms with Crippen LogP contribution in [0, 0.1) is 25.2 Å². The summed E-state index contributed by atoms with van der Waals surface area (Å²) in [7, 11) is 0. The zero-order valence-corrected chi connectivity index (χ0v) is 11.9. The monoisotopic (exact) mass is 306 g/mol. The maximum Gasteiger partial charge on any atom is 0.128 e. The van der Waals surface area contributed by atoms with Crippen LogP contribution in [0.4, 0.5) is 5.69 Å². The Morgan fingerprint density at radius 2 is 2.06 bits per heavy atom. The standard InChI is InChI=1S/C13H11BrN2S/c1-7-3-4-10(14)9(5-7)13-8(2)12(16)11(6-15)17-13/h3-5H,16H2,1-2H3. The van der Waals surface area contributed by atoms with Crippen LogP contribution in [0.15, 0.2) is 22.7 Å². The number of aryl methyl sites for hydroxylation is 1. The Balaban J connectivity index is 2.69. The van der Waals surface area contributed by atoms with E-state index in [9.17, 15) is 0 Å². The van der Waals surface area contributed by atoms with Crippen molar-refractivity contribution in [2.45, 2.75) is 13.8 Å². The zero-order valence-electron chi connectivity index (χ0n) is 9.54. The fourth-order valence-electron chi connectivity index (χ4n) is 1.68. The third-order valence-electron chi connectivity index (χ3n) is 2.66. The molecule has 0 fully saturated rings. The quantitative estimate of drug-likeness (QED) is 0.856. The molecule has 2 rings (SSSR count). The first-order valence-corrected chi connectivity index (χ1v) is 6.71. The number of hydrogen-bond donors (Lipinski definition) is 1.